The molecular formula is C33H33N3O2S. The van der Waals surface area contributed by atoms with Crippen molar-refractivity contribution in [1.29, 1.82) is 0 Å². The third-order valence-corrected chi connectivity index (χ3v) is 9.18. The van der Waals surface area contributed by atoms with Crippen LogP contribution in [-0.4, -0.2) is 21.2 Å². The van der Waals surface area contributed by atoms with E-state index in [9.17, 15) is 9.59 Å². The van der Waals surface area contributed by atoms with E-state index in [4.69, 9.17) is 4.98 Å². The molecule has 2 aliphatic carbocycles. The Kier molecular flexibility index (Phi) is 6.90. The zero-order chi connectivity index (χ0) is 27.0. The molecule has 1 N–H and O–H groups in total. The fourth-order valence-electron chi connectivity index (χ4n) is 6.24. The summed E-state index contributed by atoms with van der Waals surface area (Å²) in [6.07, 6.45) is 6.35. The first kappa shape index (κ1) is 25.6. The highest BCUT2D eigenvalue weighted by molar-refractivity contribution is 7.99. The summed E-state index contributed by atoms with van der Waals surface area (Å²) >= 11 is 1.32. The number of hydrogen-bond donors (Lipinski definition) is 1. The van der Waals surface area contributed by atoms with E-state index in [1.807, 2.05) is 68.4 Å². The summed E-state index contributed by atoms with van der Waals surface area (Å²) in [6, 6.07) is 24.1. The highest BCUT2D eigenvalue weighted by Gasteiger charge is 2.43. The van der Waals surface area contributed by atoms with Crippen LogP contribution in [0.4, 0.5) is 5.69 Å². The molecule has 6 rings (SSSR count). The molecule has 39 heavy (non-hydrogen) atoms. The average molecular weight is 536 g/mol. The van der Waals surface area contributed by atoms with Crippen molar-refractivity contribution >= 4 is 23.4 Å². The molecule has 1 aromatic heterocycles. The summed E-state index contributed by atoms with van der Waals surface area (Å²) < 4.78 is 1.74. The molecule has 1 amide bonds. The van der Waals surface area contributed by atoms with Crippen LogP contribution in [0.2, 0.25) is 0 Å². The highest BCUT2D eigenvalue weighted by Crippen LogP contribution is 2.49. The zero-order valence-corrected chi connectivity index (χ0v) is 23.3. The van der Waals surface area contributed by atoms with E-state index >= 15 is 0 Å². The van der Waals surface area contributed by atoms with Crippen molar-refractivity contribution in [3.8, 4) is 16.9 Å². The average Bonchev–Trinajstić information content (AvgIpc) is 2.94. The minimum Gasteiger partial charge on any atom is -0.325 e. The topological polar surface area (TPSA) is 64.0 Å². The van der Waals surface area contributed by atoms with Crippen LogP contribution in [0, 0.1) is 13.8 Å². The Morgan fingerprint density at radius 2 is 1.67 bits per heavy atom. The Labute approximate surface area is 233 Å². The standard InChI is InChI=1S/C33H33N3O2S/c1-22-14-16-25(17-15-22)36-31(38)29-30(26-12-6-5-11-24(26)20-33(29)18-8-3-9-19-33)35-32(36)39-21-28(37)34-27-13-7-4-10-23(27)2/h4-7,10-17H,3,8-9,18-21H2,1-2H3,(H,34,37). The maximum atomic E-state index is 14.6. The molecule has 0 saturated heterocycles. The van der Waals surface area contributed by atoms with Gasteiger partial charge in [-0.05, 0) is 62.4 Å². The van der Waals surface area contributed by atoms with Gasteiger partial charge in [0.1, 0.15) is 0 Å². The molecule has 0 radical (unpaired) electrons. The van der Waals surface area contributed by atoms with Gasteiger partial charge >= 0.3 is 0 Å². The predicted octanol–water partition coefficient (Wildman–Crippen LogP) is 7.01. The largest absolute Gasteiger partial charge is 0.325 e. The minimum atomic E-state index is -0.191. The molecule has 0 atom stereocenters. The summed E-state index contributed by atoms with van der Waals surface area (Å²) in [5.41, 5.74) is 7.49. The van der Waals surface area contributed by atoms with E-state index < -0.39 is 0 Å². The van der Waals surface area contributed by atoms with Crippen LogP contribution < -0.4 is 10.9 Å². The second-order valence-corrected chi connectivity index (χ2v) is 11.9. The molecule has 1 fully saturated rings. The van der Waals surface area contributed by atoms with E-state index in [-0.39, 0.29) is 22.6 Å². The number of carbonyl (C=O) groups excluding carboxylic acids is 1. The number of carbonyl (C=O) groups is 1. The van der Waals surface area contributed by atoms with E-state index in [1.165, 1.54) is 23.7 Å². The molecule has 2 aliphatic rings. The molecule has 1 saturated carbocycles. The number of nitrogens with one attached hydrogen (secondary N) is 1. The number of rotatable bonds is 5. The Balaban J connectivity index is 1.47. The normalized spacial score (nSPS) is 15.4. The molecule has 0 unspecified atom stereocenters. The number of thioether (sulfide) groups is 1. The third kappa shape index (κ3) is 4.82. The summed E-state index contributed by atoms with van der Waals surface area (Å²) in [6.45, 7) is 4.01. The van der Waals surface area contributed by atoms with Crippen LogP contribution in [0.5, 0.6) is 0 Å². The summed E-state index contributed by atoms with van der Waals surface area (Å²) in [4.78, 5) is 32.8. The van der Waals surface area contributed by atoms with Crippen molar-refractivity contribution in [2.24, 2.45) is 0 Å². The van der Waals surface area contributed by atoms with E-state index in [1.54, 1.807) is 4.57 Å². The molecule has 1 spiro atoms. The maximum Gasteiger partial charge on any atom is 0.263 e. The van der Waals surface area contributed by atoms with Gasteiger partial charge in [-0.3, -0.25) is 14.2 Å². The van der Waals surface area contributed by atoms with Crippen LogP contribution in [0.3, 0.4) is 0 Å². The van der Waals surface area contributed by atoms with Crippen molar-refractivity contribution in [3.05, 3.63) is 105 Å². The summed E-state index contributed by atoms with van der Waals surface area (Å²) in [5, 5.41) is 3.56. The quantitative estimate of drug-likeness (QED) is 0.221. The van der Waals surface area contributed by atoms with Gasteiger partial charge in [-0.2, -0.15) is 0 Å². The number of fused-ring (bicyclic) bond motifs is 4. The first-order chi connectivity index (χ1) is 18.9. The molecule has 6 heteroatoms. The first-order valence-corrected chi connectivity index (χ1v) is 14.7. The number of aromatic nitrogens is 2. The van der Waals surface area contributed by atoms with Crippen LogP contribution in [0.15, 0.2) is 82.7 Å². The van der Waals surface area contributed by atoms with Crippen LogP contribution in [0.1, 0.15) is 54.4 Å². The van der Waals surface area contributed by atoms with Gasteiger partial charge in [0.05, 0.1) is 22.7 Å². The Bertz CT molecular complexity index is 1600. The van der Waals surface area contributed by atoms with Gasteiger partial charge in [-0.15, -0.1) is 0 Å². The van der Waals surface area contributed by atoms with Crippen molar-refractivity contribution in [3.63, 3.8) is 0 Å². The van der Waals surface area contributed by atoms with E-state index in [0.717, 1.165) is 71.4 Å². The van der Waals surface area contributed by atoms with E-state index in [0.29, 0.717) is 5.16 Å². The Morgan fingerprint density at radius 3 is 2.44 bits per heavy atom. The number of anilines is 1. The minimum absolute atomic E-state index is 0.00191. The molecule has 0 aliphatic heterocycles. The fraction of sp³-hybridized carbons (Fsp3) is 0.303. The van der Waals surface area contributed by atoms with E-state index in [2.05, 4.69) is 23.5 Å². The molecule has 3 aromatic carbocycles. The van der Waals surface area contributed by atoms with Crippen molar-refractivity contribution in [1.82, 2.24) is 9.55 Å². The van der Waals surface area contributed by atoms with Gasteiger partial charge in [0.2, 0.25) is 5.91 Å². The molecule has 0 bridgehead atoms. The molecular weight excluding hydrogens is 502 g/mol. The van der Waals surface area contributed by atoms with Crippen LogP contribution in [0.25, 0.3) is 16.9 Å². The van der Waals surface area contributed by atoms with Gasteiger partial charge in [-0.1, -0.05) is 91.2 Å². The molecule has 4 aromatic rings. The number of para-hydroxylation sites is 1. The van der Waals surface area contributed by atoms with Crippen LogP contribution >= 0.6 is 11.8 Å². The second-order valence-electron chi connectivity index (χ2n) is 10.9. The number of hydrogen-bond acceptors (Lipinski definition) is 4. The monoisotopic (exact) mass is 535 g/mol. The smallest absolute Gasteiger partial charge is 0.263 e. The Morgan fingerprint density at radius 1 is 0.949 bits per heavy atom. The lowest BCUT2D eigenvalue weighted by Gasteiger charge is -2.42. The number of aryl methyl sites for hydroxylation is 2. The van der Waals surface area contributed by atoms with Crippen LogP contribution in [-0.2, 0) is 16.6 Å². The van der Waals surface area contributed by atoms with Gasteiger partial charge in [-0.25, -0.2) is 4.98 Å². The first-order valence-electron chi connectivity index (χ1n) is 13.8. The van der Waals surface area contributed by atoms with Crippen molar-refractivity contribution < 1.29 is 4.79 Å². The maximum absolute atomic E-state index is 14.6. The SMILES string of the molecule is Cc1ccc(-n2c(SCC(=O)Nc3ccccc3C)nc3c(c2=O)C2(CCCCC2)Cc2ccccc2-3)cc1. The lowest BCUT2D eigenvalue weighted by atomic mass is 9.62. The van der Waals surface area contributed by atoms with Crippen molar-refractivity contribution in [2.75, 3.05) is 11.1 Å². The lowest BCUT2D eigenvalue weighted by molar-refractivity contribution is -0.113. The zero-order valence-electron chi connectivity index (χ0n) is 22.5. The molecule has 5 nitrogen and oxygen atoms in total. The summed E-state index contributed by atoms with van der Waals surface area (Å²) in [5.74, 6) is 0.0268. The summed E-state index contributed by atoms with van der Waals surface area (Å²) in [7, 11) is 0. The highest BCUT2D eigenvalue weighted by atomic mass is 32.2. The predicted molar refractivity (Wildman–Crippen MR) is 159 cm³/mol. The van der Waals surface area contributed by atoms with Crippen molar-refractivity contribution in [2.45, 2.75) is 62.9 Å². The molecule has 198 valence electrons. The van der Waals surface area contributed by atoms with Gasteiger partial charge < -0.3 is 5.32 Å². The van der Waals surface area contributed by atoms with Gasteiger partial charge in [0, 0.05) is 16.7 Å². The lowest BCUT2D eigenvalue weighted by Crippen LogP contribution is -2.43. The molecule has 1 heterocycles. The number of nitrogens with zero attached hydrogens (tertiary/aromatic N) is 2. The fourth-order valence-corrected chi connectivity index (χ4v) is 7.04. The van der Waals surface area contributed by atoms with Gasteiger partial charge in [0.25, 0.3) is 5.56 Å². The second kappa shape index (κ2) is 10.5. The number of amides is 1. The number of benzene rings is 3. The Hall–Kier alpha value is -3.64. The van der Waals surface area contributed by atoms with Gasteiger partial charge in [0.15, 0.2) is 5.16 Å². The third-order valence-electron chi connectivity index (χ3n) is 8.24.